The molecule has 56 valence electrons. The van der Waals surface area contributed by atoms with Gasteiger partial charge < -0.3 is 0 Å². The van der Waals surface area contributed by atoms with Gasteiger partial charge in [-0.3, -0.25) is 0 Å². The second-order valence-electron chi connectivity index (χ2n) is 2.59. The smallest absolute Gasteiger partial charge is 0.160 e. The molecule has 0 aromatic carbocycles. The van der Waals surface area contributed by atoms with Crippen molar-refractivity contribution in [1.82, 2.24) is 4.98 Å². The maximum atomic E-state index is 4.26. The predicted octanol–water partition coefficient (Wildman–Crippen LogP) is 0.413. The van der Waals surface area contributed by atoms with E-state index < -0.39 is 0 Å². The Labute approximate surface area is 67.7 Å². The van der Waals surface area contributed by atoms with E-state index in [4.69, 9.17) is 0 Å². The van der Waals surface area contributed by atoms with Crippen LogP contribution >= 0.6 is 0 Å². The van der Waals surface area contributed by atoms with E-state index in [0.717, 1.165) is 22.1 Å². The van der Waals surface area contributed by atoms with E-state index >= 15 is 0 Å². The average Bonchev–Trinajstić information content (AvgIpc) is 2.64. The molecule has 4 heteroatoms. The van der Waals surface area contributed by atoms with Gasteiger partial charge in [0.05, 0.1) is 6.20 Å². The summed E-state index contributed by atoms with van der Waals surface area (Å²) < 4.78 is 0. The van der Waals surface area contributed by atoms with Crippen molar-refractivity contribution in [2.45, 2.75) is 0 Å². The first-order valence-corrected chi connectivity index (χ1v) is 3.60. The number of hydrogen-bond donors (Lipinski definition) is 0. The summed E-state index contributed by atoms with van der Waals surface area (Å²) in [6.07, 6.45) is 5.30. The lowest BCUT2D eigenvalue weighted by Crippen LogP contribution is -2.11. The second kappa shape index (κ2) is 1.85. The van der Waals surface area contributed by atoms with Crippen LogP contribution in [-0.2, 0) is 0 Å². The topological polar surface area (TPSA) is 50.0 Å². The first kappa shape index (κ1) is 5.77. The van der Waals surface area contributed by atoms with Crippen molar-refractivity contribution in [3.8, 4) is 0 Å². The highest BCUT2D eigenvalue weighted by Gasteiger charge is 2.06. The SMILES string of the molecule is C1=Nc2nc3c(cc2=C1)N=NC=3. The summed E-state index contributed by atoms with van der Waals surface area (Å²) in [6, 6.07) is 1.94. The van der Waals surface area contributed by atoms with Gasteiger partial charge in [-0.2, -0.15) is 5.11 Å². The normalized spacial score (nSPS) is 15.3. The molecule has 0 fully saturated rings. The van der Waals surface area contributed by atoms with Gasteiger partial charge >= 0.3 is 0 Å². The van der Waals surface area contributed by atoms with Crippen LogP contribution in [-0.4, -0.2) is 11.2 Å². The average molecular weight is 156 g/mol. The minimum atomic E-state index is 0.761. The lowest BCUT2D eigenvalue weighted by Gasteiger charge is -1.90. The highest BCUT2D eigenvalue weighted by Crippen LogP contribution is 2.11. The lowest BCUT2D eigenvalue weighted by atomic mass is 10.3. The van der Waals surface area contributed by atoms with E-state index in [1.165, 1.54) is 0 Å². The Bertz CT molecular complexity index is 475. The van der Waals surface area contributed by atoms with Crippen LogP contribution in [0.25, 0.3) is 12.3 Å². The summed E-state index contributed by atoms with van der Waals surface area (Å²) in [5.74, 6) is 0.761. The highest BCUT2D eigenvalue weighted by atomic mass is 15.1. The van der Waals surface area contributed by atoms with Crippen molar-refractivity contribution in [2.75, 3.05) is 0 Å². The fourth-order valence-corrected chi connectivity index (χ4v) is 1.26. The lowest BCUT2D eigenvalue weighted by molar-refractivity contribution is 1.20. The Hall–Kier alpha value is -1.84. The molecule has 3 rings (SSSR count). The predicted molar refractivity (Wildman–Crippen MR) is 45.1 cm³/mol. The van der Waals surface area contributed by atoms with Gasteiger partial charge in [0, 0.05) is 11.4 Å². The van der Waals surface area contributed by atoms with E-state index in [2.05, 4.69) is 20.2 Å². The molecule has 0 amide bonds. The fraction of sp³-hybridized carbons (Fsp3) is 0. The third-order valence-electron chi connectivity index (χ3n) is 1.84. The third-order valence-corrected chi connectivity index (χ3v) is 1.84. The Morgan fingerprint density at radius 2 is 2.25 bits per heavy atom. The van der Waals surface area contributed by atoms with Crippen LogP contribution in [0.4, 0.5) is 11.5 Å². The molecule has 0 unspecified atom stereocenters. The molecule has 2 aliphatic rings. The van der Waals surface area contributed by atoms with Gasteiger partial charge in [0.2, 0.25) is 0 Å². The molecule has 1 aromatic heterocycles. The molecule has 0 N–H and O–H groups in total. The van der Waals surface area contributed by atoms with Gasteiger partial charge in [-0.15, -0.1) is 5.11 Å². The van der Waals surface area contributed by atoms with Crippen molar-refractivity contribution >= 4 is 30.0 Å². The molecule has 0 radical (unpaired) electrons. The quantitative estimate of drug-likeness (QED) is 0.536. The van der Waals surface area contributed by atoms with Crippen LogP contribution in [0, 0.1) is 0 Å². The van der Waals surface area contributed by atoms with Crippen molar-refractivity contribution < 1.29 is 0 Å². The van der Waals surface area contributed by atoms with Crippen LogP contribution in [0.2, 0.25) is 0 Å². The number of aliphatic imine (C=N–C) groups is 1. The fourth-order valence-electron chi connectivity index (χ4n) is 1.26. The number of pyridine rings is 1. The first-order valence-electron chi connectivity index (χ1n) is 3.60. The Morgan fingerprint density at radius 3 is 3.25 bits per heavy atom. The molecule has 0 spiro atoms. The number of fused-ring (bicyclic) bond motifs is 2. The van der Waals surface area contributed by atoms with Crippen molar-refractivity contribution in [1.29, 1.82) is 0 Å². The van der Waals surface area contributed by atoms with Gasteiger partial charge in [0.1, 0.15) is 11.0 Å². The summed E-state index contributed by atoms with van der Waals surface area (Å²) in [5, 5.41) is 9.50. The number of hydrogen-bond acceptors (Lipinski definition) is 4. The number of aromatic nitrogens is 1. The van der Waals surface area contributed by atoms with Crippen molar-refractivity contribution in [3.63, 3.8) is 0 Å². The molecule has 0 saturated heterocycles. The summed E-state index contributed by atoms with van der Waals surface area (Å²) in [7, 11) is 0. The minimum absolute atomic E-state index is 0.761. The summed E-state index contributed by atoms with van der Waals surface area (Å²) in [5.41, 5.74) is 0.829. The zero-order chi connectivity index (χ0) is 7.97. The Morgan fingerprint density at radius 1 is 1.25 bits per heavy atom. The first-order chi connectivity index (χ1) is 5.93. The number of nitrogens with zero attached hydrogens (tertiary/aromatic N) is 4. The van der Waals surface area contributed by atoms with Crippen LogP contribution in [0.15, 0.2) is 21.3 Å². The van der Waals surface area contributed by atoms with Gasteiger partial charge in [-0.05, 0) is 12.1 Å². The molecule has 0 saturated carbocycles. The largest absolute Gasteiger partial charge is 0.237 e. The van der Waals surface area contributed by atoms with E-state index in [9.17, 15) is 0 Å². The van der Waals surface area contributed by atoms with E-state index in [1.54, 1.807) is 12.4 Å². The third kappa shape index (κ3) is 0.611. The van der Waals surface area contributed by atoms with E-state index in [0.29, 0.717) is 0 Å². The van der Waals surface area contributed by atoms with Gasteiger partial charge in [-0.1, -0.05) is 0 Å². The van der Waals surface area contributed by atoms with Gasteiger partial charge in [-0.25, -0.2) is 9.98 Å². The molecule has 0 atom stereocenters. The Balaban J connectivity index is 2.50. The summed E-state index contributed by atoms with van der Waals surface area (Å²) in [4.78, 5) is 8.34. The molecule has 4 nitrogen and oxygen atoms in total. The molecular formula is C8H4N4. The van der Waals surface area contributed by atoms with Gasteiger partial charge in [0.15, 0.2) is 5.82 Å². The molecule has 0 bridgehead atoms. The van der Waals surface area contributed by atoms with Crippen LogP contribution in [0.5, 0.6) is 0 Å². The zero-order valence-electron chi connectivity index (χ0n) is 6.10. The Kier molecular flexibility index (Phi) is 0.889. The number of azo groups is 1. The standard InChI is InChI=1S/C8H4N4/c1-2-9-8-5(1)3-6-7(11-8)4-10-12-6/h1-4H. The van der Waals surface area contributed by atoms with Crippen LogP contribution < -0.4 is 10.6 Å². The summed E-state index contributed by atoms with van der Waals surface area (Å²) in [6.45, 7) is 0. The molecule has 2 aliphatic heterocycles. The number of rotatable bonds is 0. The monoisotopic (exact) mass is 156 g/mol. The molecule has 12 heavy (non-hydrogen) atoms. The highest BCUT2D eigenvalue weighted by molar-refractivity contribution is 5.96. The van der Waals surface area contributed by atoms with E-state index in [-0.39, 0.29) is 0 Å². The van der Waals surface area contributed by atoms with Crippen LogP contribution in [0.1, 0.15) is 0 Å². The second-order valence-corrected chi connectivity index (χ2v) is 2.59. The molecule has 1 aromatic rings. The summed E-state index contributed by atoms with van der Waals surface area (Å²) >= 11 is 0. The minimum Gasteiger partial charge on any atom is -0.237 e. The molecule has 0 aliphatic carbocycles. The van der Waals surface area contributed by atoms with Crippen LogP contribution in [0.3, 0.4) is 0 Å². The maximum absolute atomic E-state index is 4.26. The van der Waals surface area contributed by atoms with Crippen molar-refractivity contribution in [3.05, 3.63) is 16.6 Å². The molecular weight excluding hydrogens is 152 g/mol. The van der Waals surface area contributed by atoms with Gasteiger partial charge in [0.25, 0.3) is 0 Å². The van der Waals surface area contributed by atoms with Crippen molar-refractivity contribution in [2.24, 2.45) is 15.2 Å². The molecule has 3 heterocycles. The van der Waals surface area contributed by atoms with E-state index in [1.807, 2.05) is 12.1 Å². The zero-order valence-corrected chi connectivity index (χ0v) is 6.10. The maximum Gasteiger partial charge on any atom is 0.160 e.